The maximum atomic E-state index is 13.4. The van der Waals surface area contributed by atoms with Crippen LogP contribution in [-0.4, -0.2) is 17.3 Å². The van der Waals surface area contributed by atoms with E-state index in [1.807, 2.05) is 62.4 Å². The van der Waals surface area contributed by atoms with Crippen molar-refractivity contribution < 1.29 is 4.74 Å². The van der Waals surface area contributed by atoms with Gasteiger partial charge in [0.15, 0.2) is 0 Å². The second-order valence-corrected chi connectivity index (χ2v) is 6.36. The topological polar surface area (TPSA) is 31.2 Å². The molecule has 1 aromatic heterocycles. The van der Waals surface area contributed by atoms with Gasteiger partial charge in [-0.1, -0.05) is 56.0 Å². The van der Waals surface area contributed by atoms with E-state index < -0.39 is 0 Å². The lowest BCUT2D eigenvalue weighted by Crippen LogP contribution is -2.22. The van der Waals surface area contributed by atoms with E-state index in [0.29, 0.717) is 12.0 Å². The molecule has 0 fully saturated rings. The summed E-state index contributed by atoms with van der Waals surface area (Å²) in [5.41, 5.74) is 2.60. The molecule has 0 saturated heterocycles. The number of aryl methyl sites for hydroxylation is 1. The maximum Gasteiger partial charge on any atom is 0.264 e. The molecule has 3 rings (SSSR count). The van der Waals surface area contributed by atoms with Gasteiger partial charge in [-0.2, -0.15) is 0 Å². The van der Waals surface area contributed by atoms with Gasteiger partial charge in [-0.05, 0) is 49.4 Å². The minimum Gasteiger partial charge on any atom is -0.366 e. The van der Waals surface area contributed by atoms with Gasteiger partial charge in [0.1, 0.15) is 6.10 Å². The van der Waals surface area contributed by atoms with Crippen LogP contribution in [0.5, 0.6) is 0 Å². The molecule has 0 amide bonds. The van der Waals surface area contributed by atoms with Crippen molar-refractivity contribution in [1.29, 1.82) is 0 Å². The Kier molecular flexibility index (Phi) is 6.11. The van der Waals surface area contributed by atoms with Crippen LogP contribution in [0, 0.1) is 11.8 Å². The molecule has 1 unspecified atom stereocenters. The van der Waals surface area contributed by atoms with Crippen LogP contribution in [0.4, 0.5) is 0 Å². The average Bonchev–Trinajstić information content (AvgIpc) is 2.71. The third-order valence-corrected chi connectivity index (χ3v) is 4.61. The summed E-state index contributed by atoms with van der Waals surface area (Å²) >= 11 is 0. The van der Waals surface area contributed by atoms with Crippen molar-refractivity contribution in [3.63, 3.8) is 0 Å². The summed E-state index contributed by atoms with van der Waals surface area (Å²) in [5, 5.41) is 1.60. The average molecular weight is 359 g/mol. The van der Waals surface area contributed by atoms with Gasteiger partial charge in [0, 0.05) is 23.6 Å². The van der Waals surface area contributed by atoms with Crippen LogP contribution < -0.4 is 5.56 Å². The zero-order valence-electron chi connectivity index (χ0n) is 16.2. The Morgan fingerprint density at radius 2 is 1.81 bits per heavy atom. The monoisotopic (exact) mass is 359 g/mol. The lowest BCUT2D eigenvalue weighted by Gasteiger charge is -2.14. The zero-order chi connectivity index (χ0) is 19.2. The van der Waals surface area contributed by atoms with Crippen molar-refractivity contribution in [2.75, 3.05) is 6.61 Å². The van der Waals surface area contributed by atoms with Crippen LogP contribution in [0.15, 0.2) is 59.4 Å². The van der Waals surface area contributed by atoms with Crippen molar-refractivity contribution in [3.05, 3.63) is 76.2 Å². The molecule has 0 radical (unpaired) electrons. The molecule has 27 heavy (non-hydrogen) atoms. The van der Waals surface area contributed by atoms with Crippen LogP contribution in [0.25, 0.3) is 16.5 Å². The predicted molar refractivity (Wildman–Crippen MR) is 112 cm³/mol. The predicted octanol–water partition coefficient (Wildman–Crippen LogP) is 4.72. The SMILES string of the molecule is CCOC(C#Cc1cccc2cc(CC)n(-c3ccccc3)c(=O)c12)CC. The van der Waals surface area contributed by atoms with Crippen LogP contribution >= 0.6 is 0 Å². The van der Waals surface area contributed by atoms with E-state index in [2.05, 4.69) is 24.8 Å². The fourth-order valence-electron chi connectivity index (χ4n) is 3.26. The third-order valence-electron chi connectivity index (χ3n) is 4.61. The van der Waals surface area contributed by atoms with E-state index in [0.717, 1.165) is 35.2 Å². The molecular formula is C24H25NO2. The number of para-hydroxylation sites is 1. The maximum absolute atomic E-state index is 13.4. The minimum absolute atomic E-state index is 0.0232. The van der Waals surface area contributed by atoms with E-state index in [1.165, 1.54) is 0 Å². The number of nitrogens with zero attached hydrogens (tertiary/aromatic N) is 1. The smallest absolute Gasteiger partial charge is 0.264 e. The molecular weight excluding hydrogens is 334 g/mol. The van der Waals surface area contributed by atoms with Gasteiger partial charge in [0.2, 0.25) is 0 Å². The first-order chi connectivity index (χ1) is 13.2. The largest absolute Gasteiger partial charge is 0.366 e. The van der Waals surface area contributed by atoms with Crippen molar-refractivity contribution in [1.82, 2.24) is 4.57 Å². The third kappa shape index (κ3) is 3.97. The number of hydrogen-bond donors (Lipinski definition) is 0. The van der Waals surface area contributed by atoms with E-state index in [4.69, 9.17) is 4.74 Å². The molecule has 0 spiro atoms. The first-order valence-corrected chi connectivity index (χ1v) is 9.55. The molecule has 3 nitrogen and oxygen atoms in total. The Labute approximate surface area is 160 Å². The van der Waals surface area contributed by atoms with Gasteiger partial charge in [0.25, 0.3) is 5.56 Å². The molecule has 0 aliphatic rings. The van der Waals surface area contributed by atoms with Gasteiger partial charge in [0.05, 0.1) is 5.39 Å². The molecule has 138 valence electrons. The lowest BCUT2D eigenvalue weighted by atomic mass is 10.0. The first-order valence-electron chi connectivity index (χ1n) is 9.55. The number of pyridine rings is 1. The highest BCUT2D eigenvalue weighted by Gasteiger charge is 2.12. The standard InChI is InChI=1S/C24H25NO2/c1-4-20-17-19-12-10-11-18(15-16-22(5-2)27-6-3)23(19)24(26)25(20)21-13-8-7-9-14-21/h7-14,17,22H,4-6H2,1-3H3. The van der Waals surface area contributed by atoms with Gasteiger partial charge < -0.3 is 4.74 Å². The van der Waals surface area contributed by atoms with Gasteiger partial charge >= 0.3 is 0 Å². The summed E-state index contributed by atoms with van der Waals surface area (Å²) in [6, 6.07) is 17.7. The minimum atomic E-state index is -0.114. The quantitative estimate of drug-likeness (QED) is 0.617. The molecule has 3 aromatic rings. The van der Waals surface area contributed by atoms with Crippen LogP contribution in [0.3, 0.4) is 0 Å². The molecule has 1 atom stereocenters. The summed E-state index contributed by atoms with van der Waals surface area (Å²) in [6.07, 6.45) is 1.48. The van der Waals surface area contributed by atoms with E-state index in [9.17, 15) is 4.79 Å². The number of benzene rings is 2. The molecule has 0 aliphatic carbocycles. The van der Waals surface area contributed by atoms with Gasteiger partial charge in [-0.15, -0.1) is 0 Å². The molecule has 0 N–H and O–H groups in total. The van der Waals surface area contributed by atoms with Crippen molar-refractivity contribution >= 4 is 10.8 Å². The van der Waals surface area contributed by atoms with Gasteiger partial charge in [-0.3, -0.25) is 9.36 Å². The van der Waals surface area contributed by atoms with E-state index in [1.54, 1.807) is 4.57 Å². The number of rotatable bonds is 5. The Morgan fingerprint density at radius 3 is 2.48 bits per heavy atom. The Balaban J connectivity index is 2.24. The van der Waals surface area contributed by atoms with E-state index in [-0.39, 0.29) is 11.7 Å². The van der Waals surface area contributed by atoms with Crippen LogP contribution in [0.1, 0.15) is 38.4 Å². The second kappa shape index (κ2) is 8.70. The second-order valence-electron chi connectivity index (χ2n) is 6.36. The summed E-state index contributed by atoms with van der Waals surface area (Å²) in [4.78, 5) is 13.4. The van der Waals surface area contributed by atoms with Crippen LogP contribution in [-0.2, 0) is 11.2 Å². The number of fused-ring (bicyclic) bond motifs is 1. The number of hydrogen-bond acceptors (Lipinski definition) is 2. The van der Waals surface area contributed by atoms with E-state index >= 15 is 0 Å². The fourth-order valence-corrected chi connectivity index (χ4v) is 3.26. The Bertz CT molecular complexity index is 1040. The summed E-state index contributed by atoms with van der Waals surface area (Å²) in [5.74, 6) is 6.37. The van der Waals surface area contributed by atoms with Crippen LogP contribution in [0.2, 0.25) is 0 Å². The Morgan fingerprint density at radius 1 is 1.04 bits per heavy atom. The highest BCUT2D eigenvalue weighted by atomic mass is 16.5. The molecule has 3 heteroatoms. The summed E-state index contributed by atoms with van der Waals surface area (Å²) < 4.78 is 7.43. The molecule has 2 aromatic carbocycles. The molecule has 0 bridgehead atoms. The fraction of sp³-hybridized carbons (Fsp3) is 0.292. The molecule has 1 heterocycles. The summed E-state index contributed by atoms with van der Waals surface area (Å²) in [6.45, 7) is 6.71. The molecule has 0 saturated carbocycles. The highest BCUT2D eigenvalue weighted by Crippen LogP contribution is 2.19. The van der Waals surface area contributed by atoms with Crippen molar-refractivity contribution in [3.8, 4) is 17.5 Å². The first kappa shape index (κ1) is 18.9. The lowest BCUT2D eigenvalue weighted by molar-refractivity contribution is 0.100. The molecule has 0 aliphatic heterocycles. The Hall–Kier alpha value is -2.83. The number of ether oxygens (including phenoxy) is 1. The normalized spacial score (nSPS) is 11.8. The van der Waals surface area contributed by atoms with Gasteiger partial charge in [-0.25, -0.2) is 0 Å². The zero-order valence-corrected chi connectivity index (χ0v) is 16.2. The van der Waals surface area contributed by atoms with Crippen molar-refractivity contribution in [2.24, 2.45) is 0 Å². The summed E-state index contributed by atoms with van der Waals surface area (Å²) in [7, 11) is 0. The highest BCUT2D eigenvalue weighted by molar-refractivity contribution is 5.88. The van der Waals surface area contributed by atoms with Crippen molar-refractivity contribution in [2.45, 2.75) is 39.7 Å². The number of aromatic nitrogens is 1.